The molecule has 1 aliphatic rings. The number of nitrogens with one attached hydrogen (secondary N) is 1. The molecule has 28 heavy (non-hydrogen) atoms. The highest BCUT2D eigenvalue weighted by Crippen LogP contribution is 2.20. The topological polar surface area (TPSA) is 58.6 Å². The van der Waals surface area contributed by atoms with E-state index in [4.69, 9.17) is 4.74 Å². The van der Waals surface area contributed by atoms with E-state index in [1.807, 2.05) is 20.8 Å². The van der Waals surface area contributed by atoms with Crippen molar-refractivity contribution in [3.05, 3.63) is 47.2 Å². The van der Waals surface area contributed by atoms with Crippen LogP contribution in [0, 0.1) is 11.6 Å². The van der Waals surface area contributed by atoms with E-state index in [-0.39, 0.29) is 23.3 Å². The number of piperidine rings is 1. The molecule has 1 N–H and O–H groups in total. The van der Waals surface area contributed by atoms with Gasteiger partial charge in [-0.1, -0.05) is 0 Å². The lowest BCUT2D eigenvalue weighted by Crippen LogP contribution is -2.48. The summed E-state index contributed by atoms with van der Waals surface area (Å²) >= 11 is 0. The van der Waals surface area contributed by atoms with Crippen LogP contribution < -0.4 is 5.32 Å². The second kappa shape index (κ2) is 9.02. The van der Waals surface area contributed by atoms with E-state index in [9.17, 15) is 18.4 Å². The summed E-state index contributed by atoms with van der Waals surface area (Å²) in [5, 5.41) is 3.23. The zero-order chi connectivity index (χ0) is 20.9. The molecule has 7 heteroatoms. The highest BCUT2D eigenvalue weighted by atomic mass is 19.1. The van der Waals surface area contributed by atoms with Crippen molar-refractivity contribution in [3.8, 4) is 0 Å². The van der Waals surface area contributed by atoms with Crippen LogP contribution in [-0.4, -0.2) is 41.7 Å². The van der Waals surface area contributed by atoms with Gasteiger partial charge in [0.1, 0.15) is 23.2 Å². The fourth-order valence-corrected chi connectivity index (χ4v) is 3.03. The van der Waals surface area contributed by atoms with Crippen LogP contribution in [0.15, 0.2) is 30.0 Å². The minimum Gasteiger partial charge on any atom is -0.444 e. The highest BCUT2D eigenvalue weighted by molar-refractivity contribution is 5.93. The Bertz CT molecular complexity index is 808. The van der Waals surface area contributed by atoms with Crippen molar-refractivity contribution in [2.45, 2.75) is 52.2 Å². The zero-order valence-corrected chi connectivity index (χ0v) is 16.6. The van der Waals surface area contributed by atoms with Crippen LogP contribution >= 0.6 is 0 Å². The second-order valence-corrected chi connectivity index (χ2v) is 7.88. The molecule has 1 atom stereocenters. The van der Waals surface area contributed by atoms with Gasteiger partial charge in [-0.25, -0.2) is 18.4 Å². The summed E-state index contributed by atoms with van der Waals surface area (Å²) in [4.78, 5) is 25.2. The van der Waals surface area contributed by atoms with Crippen LogP contribution in [0.3, 0.4) is 0 Å². The molecule has 1 aromatic carbocycles. The molecule has 152 valence electrons. The predicted octanol–water partition coefficient (Wildman–Crippen LogP) is 4.07. The van der Waals surface area contributed by atoms with Gasteiger partial charge < -0.3 is 15.0 Å². The van der Waals surface area contributed by atoms with Gasteiger partial charge in [0.2, 0.25) is 0 Å². The number of halogens is 2. The quantitative estimate of drug-likeness (QED) is 0.620. The van der Waals surface area contributed by atoms with E-state index in [0.29, 0.717) is 18.8 Å². The minimum absolute atomic E-state index is 0.0391. The number of hydrogen-bond donors (Lipinski definition) is 1. The molecule has 1 amide bonds. The zero-order valence-electron chi connectivity index (χ0n) is 16.6. The number of carbonyl (C=O) groups excluding carboxylic acids is 2. The molecule has 0 bridgehead atoms. The molecule has 1 aliphatic heterocycles. The van der Waals surface area contributed by atoms with E-state index >= 15 is 0 Å². The third-order valence-corrected chi connectivity index (χ3v) is 4.19. The summed E-state index contributed by atoms with van der Waals surface area (Å²) in [7, 11) is 0. The molecule has 0 radical (unpaired) electrons. The van der Waals surface area contributed by atoms with Gasteiger partial charge in [0, 0.05) is 30.4 Å². The fourth-order valence-electron chi connectivity index (χ4n) is 3.03. The molecular weight excluding hydrogens is 366 g/mol. The second-order valence-electron chi connectivity index (χ2n) is 7.88. The van der Waals surface area contributed by atoms with Crippen molar-refractivity contribution in [2.75, 3.05) is 13.1 Å². The van der Waals surface area contributed by atoms with E-state index in [0.717, 1.165) is 31.0 Å². The monoisotopic (exact) mass is 392 g/mol. The Hall–Kier alpha value is -2.66. The lowest BCUT2D eigenvalue weighted by molar-refractivity contribution is 0.0191. The molecule has 1 fully saturated rings. The Labute approximate surface area is 164 Å². The van der Waals surface area contributed by atoms with Gasteiger partial charge in [-0.3, -0.25) is 0 Å². The van der Waals surface area contributed by atoms with Crippen LogP contribution in [0.5, 0.6) is 0 Å². The van der Waals surface area contributed by atoms with Gasteiger partial charge in [-0.2, -0.15) is 0 Å². The maximum atomic E-state index is 13.9. The first-order valence-corrected chi connectivity index (χ1v) is 9.22. The van der Waals surface area contributed by atoms with Gasteiger partial charge in [-0.05, 0) is 64.8 Å². The standard InChI is InChI=1S/C21H26F2N2O3/c1-14(10-15(13-26)18-11-16(22)7-8-19(18)23)24-17-6-5-9-25(12-17)20(27)28-21(2,3)4/h7-8,10-11,17,24H,5-6,9,12H2,1-4H3/b14-10-/t17-/m1/s1. The predicted molar refractivity (Wildman–Crippen MR) is 103 cm³/mol. The van der Waals surface area contributed by atoms with Crippen LogP contribution in [0.2, 0.25) is 0 Å². The van der Waals surface area contributed by atoms with Gasteiger partial charge in [-0.15, -0.1) is 0 Å². The van der Waals surface area contributed by atoms with Crippen molar-refractivity contribution < 1.29 is 23.1 Å². The largest absolute Gasteiger partial charge is 0.444 e. The van der Waals surface area contributed by atoms with Crippen LogP contribution in [0.4, 0.5) is 13.6 Å². The SMILES string of the molecule is C/C(=C/C(=C=O)c1cc(F)ccc1F)N[C@@H]1CCCN(C(=O)OC(C)(C)C)C1. The molecule has 1 saturated heterocycles. The molecule has 1 aromatic rings. The smallest absolute Gasteiger partial charge is 0.410 e. The average molecular weight is 392 g/mol. The summed E-state index contributed by atoms with van der Waals surface area (Å²) in [6.07, 6.45) is 2.70. The lowest BCUT2D eigenvalue weighted by atomic mass is 10.0. The number of benzene rings is 1. The third kappa shape index (κ3) is 6.20. The molecule has 1 heterocycles. The molecule has 0 aliphatic carbocycles. The number of hydrogen-bond acceptors (Lipinski definition) is 4. The molecule has 0 unspecified atom stereocenters. The number of likely N-dealkylation sites (tertiary alicyclic amines) is 1. The van der Waals surface area contributed by atoms with Crippen molar-refractivity contribution in [2.24, 2.45) is 0 Å². The Morgan fingerprint density at radius 1 is 1.36 bits per heavy atom. The number of rotatable bonds is 4. The Morgan fingerprint density at radius 3 is 2.71 bits per heavy atom. The van der Waals surface area contributed by atoms with Crippen molar-refractivity contribution in [3.63, 3.8) is 0 Å². The summed E-state index contributed by atoms with van der Waals surface area (Å²) < 4.78 is 32.7. The molecule has 0 saturated carbocycles. The van der Waals surface area contributed by atoms with Crippen LogP contribution in [-0.2, 0) is 9.53 Å². The van der Waals surface area contributed by atoms with Gasteiger partial charge in [0.15, 0.2) is 0 Å². The number of ether oxygens (including phenoxy) is 1. The van der Waals surface area contributed by atoms with Crippen molar-refractivity contribution in [1.82, 2.24) is 10.2 Å². The molecule has 0 aromatic heterocycles. The number of amides is 1. The highest BCUT2D eigenvalue weighted by Gasteiger charge is 2.27. The van der Waals surface area contributed by atoms with Crippen molar-refractivity contribution >= 4 is 17.6 Å². The summed E-state index contributed by atoms with van der Waals surface area (Å²) in [6, 6.07) is 2.88. The van der Waals surface area contributed by atoms with Crippen molar-refractivity contribution in [1.29, 1.82) is 0 Å². The van der Waals surface area contributed by atoms with Gasteiger partial charge >= 0.3 is 6.09 Å². The number of carbonyl (C=O) groups is 1. The maximum Gasteiger partial charge on any atom is 0.410 e. The van der Waals surface area contributed by atoms with E-state index in [1.165, 1.54) is 6.08 Å². The van der Waals surface area contributed by atoms with E-state index in [1.54, 1.807) is 17.8 Å². The average Bonchev–Trinajstić information content (AvgIpc) is 2.60. The van der Waals surface area contributed by atoms with Gasteiger partial charge in [0.25, 0.3) is 0 Å². The molecule has 2 rings (SSSR count). The Kier molecular flexibility index (Phi) is 6.97. The van der Waals surface area contributed by atoms with Crippen LogP contribution in [0.25, 0.3) is 5.57 Å². The third-order valence-electron chi connectivity index (χ3n) is 4.19. The first kappa shape index (κ1) is 21.6. The normalized spacial score (nSPS) is 17.7. The summed E-state index contributed by atoms with van der Waals surface area (Å²) in [5.74, 6) is 0.334. The molecule has 5 nitrogen and oxygen atoms in total. The summed E-state index contributed by atoms with van der Waals surface area (Å²) in [6.45, 7) is 8.24. The molecule has 0 spiro atoms. The lowest BCUT2D eigenvalue weighted by Gasteiger charge is -2.35. The van der Waals surface area contributed by atoms with E-state index < -0.39 is 17.2 Å². The maximum absolute atomic E-state index is 13.9. The van der Waals surface area contributed by atoms with E-state index in [2.05, 4.69) is 5.32 Å². The fraction of sp³-hybridized carbons (Fsp3) is 0.476. The minimum atomic E-state index is -0.697. The van der Waals surface area contributed by atoms with Crippen LogP contribution in [0.1, 0.15) is 46.1 Å². The first-order valence-electron chi connectivity index (χ1n) is 9.22. The van der Waals surface area contributed by atoms with Gasteiger partial charge in [0.05, 0.1) is 5.57 Å². The first-order chi connectivity index (χ1) is 13.1. The number of allylic oxidation sites excluding steroid dienone is 3. The molecular formula is C21H26F2N2O3. The Morgan fingerprint density at radius 2 is 2.07 bits per heavy atom. The number of nitrogens with zero attached hydrogens (tertiary/aromatic N) is 1. The Balaban J connectivity index is 2.06. The summed E-state index contributed by atoms with van der Waals surface area (Å²) in [5.41, 5.74) is -0.193.